The van der Waals surface area contributed by atoms with Crippen LogP contribution < -0.4 is 0 Å². The lowest BCUT2D eigenvalue weighted by Gasteiger charge is -2.15. The summed E-state index contributed by atoms with van der Waals surface area (Å²) >= 11 is 0. The summed E-state index contributed by atoms with van der Waals surface area (Å²) in [5.74, 6) is -0.187. The lowest BCUT2D eigenvalue weighted by molar-refractivity contribution is -0.118. The van der Waals surface area contributed by atoms with Crippen molar-refractivity contribution in [1.29, 1.82) is 0 Å². The minimum Gasteiger partial charge on any atom is -0.445 e. The van der Waals surface area contributed by atoms with Crippen LogP contribution in [0, 0.1) is 0 Å². The highest BCUT2D eigenvalue weighted by Gasteiger charge is 2.35. The van der Waals surface area contributed by atoms with Crippen molar-refractivity contribution in [2.24, 2.45) is 0 Å². The zero-order valence-electron chi connectivity index (χ0n) is 12.1. The predicted octanol–water partition coefficient (Wildman–Crippen LogP) is 2.99. The van der Waals surface area contributed by atoms with Crippen LogP contribution in [0.1, 0.15) is 17.0 Å². The van der Waals surface area contributed by atoms with Crippen LogP contribution in [0.5, 0.6) is 0 Å². The van der Waals surface area contributed by atoms with Gasteiger partial charge >= 0.3 is 6.09 Å². The van der Waals surface area contributed by atoms with Crippen molar-refractivity contribution in [3.63, 3.8) is 0 Å². The highest BCUT2D eigenvalue weighted by Crippen LogP contribution is 2.24. The average molecular weight is 295 g/mol. The number of hydrogen-bond donors (Lipinski definition) is 0. The van der Waals surface area contributed by atoms with Crippen molar-refractivity contribution in [1.82, 2.24) is 4.90 Å². The van der Waals surface area contributed by atoms with Crippen LogP contribution >= 0.6 is 0 Å². The van der Waals surface area contributed by atoms with Gasteiger partial charge in [-0.05, 0) is 11.1 Å². The Balaban J connectivity index is 1.59. The lowest BCUT2D eigenvalue weighted by atomic mass is 9.98. The smallest absolute Gasteiger partial charge is 0.410 e. The molecule has 1 aliphatic rings. The quantitative estimate of drug-likeness (QED) is 0.874. The molecule has 1 aliphatic heterocycles. The molecule has 0 spiro atoms. The molecule has 1 heterocycles. The Morgan fingerprint density at radius 3 is 2.36 bits per heavy atom. The molecule has 0 aromatic heterocycles. The highest BCUT2D eigenvalue weighted by atomic mass is 16.6. The monoisotopic (exact) mass is 295 g/mol. The van der Waals surface area contributed by atoms with Crippen molar-refractivity contribution in [3.8, 4) is 0 Å². The van der Waals surface area contributed by atoms with Crippen molar-refractivity contribution >= 4 is 11.9 Å². The van der Waals surface area contributed by atoms with Gasteiger partial charge in [0.15, 0.2) is 5.78 Å². The number of ketones is 1. The van der Waals surface area contributed by atoms with Gasteiger partial charge in [-0.2, -0.15) is 0 Å². The van der Waals surface area contributed by atoms with Gasteiger partial charge in [0.25, 0.3) is 0 Å². The molecule has 1 unspecified atom stereocenters. The summed E-state index contributed by atoms with van der Waals surface area (Å²) < 4.78 is 5.28. The summed E-state index contributed by atoms with van der Waals surface area (Å²) in [7, 11) is 0. The van der Waals surface area contributed by atoms with Crippen LogP contribution in [0.2, 0.25) is 0 Å². The van der Waals surface area contributed by atoms with E-state index in [0.29, 0.717) is 6.54 Å². The van der Waals surface area contributed by atoms with Crippen LogP contribution in [0.25, 0.3) is 0 Å². The molecule has 4 heteroatoms. The zero-order valence-corrected chi connectivity index (χ0v) is 12.1. The standard InChI is InChI=1S/C18H17NO3/c20-17-12-19(11-16(17)15-9-5-2-6-10-15)18(21)22-13-14-7-3-1-4-8-14/h1-10,16H,11-13H2. The van der Waals surface area contributed by atoms with Crippen molar-refractivity contribution in [2.45, 2.75) is 12.5 Å². The number of Topliss-reactive ketones (excluding diaryl/α,β-unsaturated/α-hetero) is 1. The molecule has 0 radical (unpaired) electrons. The topological polar surface area (TPSA) is 46.6 Å². The summed E-state index contributed by atoms with van der Waals surface area (Å²) in [5, 5.41) is 0. The largest absolute Gasteiger partial charge is 0.445 e. The molecule has 1 fully saturated rings. The Bertz CT molecular complexity index is 655. The number of carbonyl (C=O) groups excluding carboxylic acids is 2. The van der Waals surface area contributed by atoms with E-state index in [2.05, 4.69) is 0 Å². The Kier molecular flexibility index (Phi) is 4.19. The van der Waals surface area contributed by atoms with E-state index in [0.717, 1.165) is 11.1 Å². The van der Waals surface area contributed by atoms with E-state index < -0.39 is 6.09 Å². The normalized spacial score (nSPS) is 17.5. The lowest BCUT2D eigenvalue weighted by Crippen LogP contribution is -2.29. The molecule has 2 aromatic carbocycles. The van der Waals surface area contributed by atoms with Gasteiger partial charge in [-0.25, -0.2) is 4.79 Å². The van der Waals surface area contributed by atoms with E-state index in [1.807, 2.05) is 60.7 Å². The molecular formula is C18H17NO3. The highest BCUT2D eigenvalue weighted by molar-refractivity contribution is 5.93. The third-order valence-corrected chi connectivity index (χ3v) is 3.80. The first-order valence-corrected chi connectivity index (χ1v) is 7.27. The zero-order chi connectivity index (χ0) is 15.4. The van der Waals surface area contributed by atoms with Crippen molar-refractivity contribution in [3.05, 3.63) is 71.8 Å². The number of benzene rings is 2. The molecule has 22 heavy (non-hydrogen) atoms. The van der Waals surface area contributed by atoms with Gasteiger partial charge in [-0.1, -0.05) is 60.7 Å². The number of rotatable bonds is 3. The van der Waals surface area contributed by atoms with Crippen molar-refractivity contribution in [2.75, 3.05) is 13.1 Å². The van der Waals surface area contributed by atoms with E-state index in [-0.39, 0.29) is 24.9 Å². The summed E-state index contributed by atoms with van der Waals surface area (Å²) in [5.41, 5.74) is 1.88. The van der Waals surface area contributed by atoms with Gasteiger partial charge in [0, 0.05) is 6.54 Å². The second-order valence-corrected chi connectivity index (χ2v) is 5.35. The Hall–Kier alpha value is -2.62. The number of nitrogens with zero attached hydrogens (tertiary/aromatic N) is 1. The number of ether oxygens (including phenoxy) is 1. The fourth-order valence-electron chi connectivity index (χ4n) is 2.61. The predicted molar refractivity (Wildman–Crippen MR) is 82.4 cm³/mol. The van der Waals surface area contributed by atoms with Crippen LogP contribution in [0.15, 0.2) is 60.7 Å². The van der Waals surface area contributed by atoms with Crippen molar-refractivity contribution < 1.29 is 14.3 Å². The summed E-state index contributed by atoms with van der Waals surface area (Å²) in [6, 6.07) is 19.1. The molecule has 3 rings (SSSR count). The summed E-state index contributed by atoms with van der Waals surface area (Å²) in [4.78, 5) is 25.7. The molecule has 0 N–H and O–H groups in total. The summed E-state index contributed by atoms with van der Waals surface area (Å²) in [6.07, 6.45) is -0.435. The van der Waals surface area contributed by atoms with Gasteiger partial charge in [-0.3, -0.25) is 9.69 Å². The number of carbonyl (C=O) groups is 2. The second kappa shape index (κ2) is 6.43. The molecule has 1 atom stereocenters. The summed E-state index contributed by atoms with van der Waals surface area (Å²) in [6.45, 7) is 0.726. The van der Waals surface area contributed by atoms with Crippen LogP contribution in [-0.4, -0.2) is 29.9 Å². The Morgan fingerprint density at radius 2 is 1.68 bits per heavy atom. The molecule has 112 valence electrons. The first-order valence-electron chi connectivity index (χ1n) is 7.27. The van der Waals surface area contributed by atoms with E-state index in [1.54, 1.807) is 0 Å². The molecule has 2 aromatic rings. The fourth-order valence-corrected chi connectivity index (χ4v) is 2.61. The molecule has 1 saturated heterocycles. The van der Waals surface area contributed by atoms with Gasteiger partial charge in [0.2, 0.25) is 0 Å². The number of amides is 1. The molecule has 0 aliphatic carbocycles. The van der Waals surface area contributed by atoms with Gasteiger partial charge in [0.1, 0.15) is 6.61 Å². The molecular weight excluding hydrogens is 278 g/mol. The first-order chi connectivity index (χ1) is 10.7. The van der Waals surface area contributed by atoms with E-state index in [9.17, 15) is 9.59 Å². The molecule has 1 amide bonds. The van der Waals surface area contributed by atoms with Crippen LogP contribution in [0.3, 0.4) is 0 Å². The maximum absolute atomic E-state index is 12.1. The van der Waals surface area contributed by atoms with E-state index >= 15 is 0 Å². The number of likely N-dealkylation sites (tertiary alicyclic amines) is 1. The molecule has 4 nitrogen and oxygen atoms in total. The van der Waals surface area contributed by atoms with Crippen LogP contribution in [-0.2, 0) is 16.1 Å². The second-order valence-electron chi connectivity index (χ2n) is 5.35. The number of hydrogen-bond acceptors (Lipinski definition) is 3. The fraction of sp³-hybridized carbons (Fsp3) is 0.222. The van der Waals surface area contributed by atoms with Crippen LogP contribution in [0.4, 0.5) is 4.79 Å². The molecule has 0 saturated carbocycles. The third-order valence-electron chi connectivity index (χ3n) is 3.80. The van der Waals surface area contributed by atoms with Gasteiger partial charge in [-0.15, -0.1) is 0 Å². The maximum atomic E-state index is 12.1. The Labute approximate surface area is 129 Å². The van der Waals surface area contributed by atoms with Gasteiger partial charge < -0.3 is 4.74 Å². The third kappa shape index (κ3) is 3.17. The minimum atomic E-state index is -0.435. The minimum absolute atomic E-state index is 0.0582. The first kappa shape index (κ1) is 14.3. The average Bonchev–Trinajstić information content (AvgIpc) is 2.96. The molecule has 0 bridgehead atoms. The van der Waals surface area contributed by atoms with E-state index in [1.165, 1.54) is 4.90 Å². The van der Waals surface area contributed by atoms with E-state index in [4.69, 9.17) is 4.74 Å². The van der Waals surface area contributed by atoms with Gasteiger partial charge in [0.05, 0.1) is 12.5 Å². The SMILES string of the molecule is O=C1CN(C(=O)OCc2ccccc2)CC1c1ccccc1. The Morgan fingerprint density at radius 1 is 1.05 bits per heavy atom. The maximum Gasteiger partial charge on any atom is 0.410 e.